The summed E-state index contributed by atoms with van der Waals surface area (Å²) in [6.45, 7) is 4.75. The zero-order valence-electron chi connectivity index (χ0n) is 16.2. The lowest BCUT2D eigenvalue weighted by molar-refractivity contribution is 0.446. The molecule has 148 valence electrons. The number of aliphatic imine (C=N–C) groups is 1. The molecule has 1 heterocycles. The van der Waals surface area contributed by atoms with Crippen molar-refractivity contribution in [2.45, 2.75) is 25.8 Å². The molecule has 0 saturated heterocycles. The third kappa shape index (κ3) is 7.40. The number of hydrogen-bond donors (Lipinski definition) is 3. The lowest BCUT2D eigenvalue weighted by Gasteiger charge is -2.26. The van der Waals surface area contributed by atoms with E-state index < -0.39 is 15.6 Å². The lowest BCUT2D eigenvalue weighted by Crippen LogP contribution is -2.53. The third-order valence-electron chi connectivity index (χ3n) is 3.79. The van der Waals surface area contributed by atoms with Crippen LogP contribution < -0.4 is 15.4 Å². The van der Waals surface area contributed by atoms with E-state index in [9.17, 15) is 8.42 Å². The molecular formula is C18H28N6O2S. The van der Waals surface area contributed by atoms with Gasteiger partial charge < -0.3 is 10.6 Å². The Bertz CT molecular complexity index is 842. The highest BCUT2D eigenvalue weighted by molar-refractivity contribution is 7.88. The maximum absolute atomic E-state index is 11.4. The minimum absolute atomic E-state index is 0.415. The zero-order valence-corrected chi connectivity index (χ0v) is 17.0. The van der Waals surface area contributed by atoms with Crippen molar-refractivity contribution in [3.05, 3.63) is 48.3 Å². The minimum Gasteiger partial charge on any atom is -0.356 e. The summed E-state index contributed by atoms with van der Waals surface area (Å²) in [6.07, 6.45) is 5.65. The molecule has 2 aromatic rings. The normalized spacial score (nSPS) is 12.8. The number of nitrogens with zero attached hydrogens (tertiary/aromatic N) is 3. The van der Waals surface area contributed by atoms with Gasteiger partial charge >= 0.3 is 0 Å². The van der Waals surface area contributed by atoms with Gasteiger partial charge in [0.15, 0.2) is 5.96 Å². The van der Waals surface area contributed by atoms with E-state index in [2.05, 4.69) is 37.6 Å². The second-order valence-corrected chi connectivity index (χ2v) is 8.73. The molecule has 0 unspecified atom stereocenters. The van der Waals surface area contributed by atoms with Gasteiger partial charge in [-0.25, -0.2) is 17.8 Å². The molecule has 27 heavy (non-hydrogen) atoms. The van der Waals surface area contributed by atoms with Crippen molar-refractivity contribution in [1.29, 1.82) is 0 Å². The first-order chi connectivity index (χ1) is 12.7. The van der Waals surface area contributed by atoms with Crippen molar-refractivity contribution in [3.8, 4) is 5.69 Å². The van der Waals surface area contributed by atoms with Gasteiger partial charge in [0.1, 0.15) is 0 Å². The van der Waals surface area contributed by atoms with E-state index in [1.54, 1.807) is 13.2 Å². The Morgan fingerprint density at radius 2 is 1.93 bits per heavy atom. The molecule has 0 saturated carbocycles. The summed E-state index contributed by atoms with van der Waals surface area (Å²) in [6, 6.07) is 10.1. The van der Waals surface area contributed by atoms with E-state index in [-0.39, 0.29) is 0 Å². The Kier molecular flexibility index (Phi) is 6.98. The van der Waals surface area contributed by atoms with E-state index in [4.69, 9.17) is 0 Å². The number of sulfonamides is 1. The molecule has 1 aromatic carbocycles. The Morgan fingerprint density at radius 1 is 1.22 bits per heavy atom. The van der Waals surface area contributed by atoms with Gasteiger partial charge in [0.25, 0.3) is 0 Å². The third-order valence-corrected chi connectivity index (χ3v) is 4.72. The summed E-state index contributed by atoms with van der Waals surface area (Å²) in [5.41, 5.74) is 1.61. The van der Waals surface area contributed by atoms with Gasteiger partial charge in [0.2, 0.25) is 10.0 Å². The smallest absolute Gasteiger partial charge is 0.209 e. The molecule has 0 atom stereocenters. The van der Waals surface area contributed by atoms with Crippen molar-refractivity contribution in [3.63, 3.8) is 0 Å². The molecule has 0 bridgehead atoms. The molecule has 0 radical (unpaired) electrons. The molecule has 1 aromatic heterocycles. The van der Waals surface area contributed by atoms with Crippen LogP contribution in [0.3, 0.4) is 0 Å². The van der Waals surface area contributed by atoms with Crippen LogP contribution in [-0.2, 0) is 16.4 Å². The van der Waals surface area contributed by atoms with Gasteiger partial charge in [-0.1, -0.05) is 12.1 Å². The average Bonchev–Trinajstić information content (AvgIpc) is 3.11. The van der Waals surface area contributed by atoms with Crippen LogP contribution in [0.4, 0.5) is 0 Å². The summed E-state index contributed by atoms with van der Waals surface area (Å²) >= 11 is 0. The van der Waals surface area contributed by atoms with Crippen molar-refractivity contribution in [2.75, 3.05) is 26.4 Å². The molecule has 0 amide bonds. The van der Waals surface area contributed by atoms with E-state index >= 15 is 0 Å². The number of hydrogen-bond acceptors (Lipinski definition) is 4. The number of benzene rings is 1. The first-order valence-corrected chi connectivity index (χ1v) is 10.6. The molecule has 8 nitrogen and oxygen atoms in total. The highest BCUT2D eigenvalue weighted by Gasteiger charge is 2.22. The first kappa shape index (κ1) is 20.9. The fraction of sp³-hybridized carbons (Fsp3) is 0.444. The number of aromatic nitrogens is 2. The van der Waals surface area contributed by atoms with Crippen LogP contribution in [0.15, 0.2) is 47.7 Å². The quantitative estimate of drug-likeness (QED) is 0.458. The SMILES string of the molecule is CN=C(NCCc1ccc(-n2cccn2)cc1)NCC(C)(C)NS(C)(=O)=O. The number of nitrogens with one attached hydrogen (secondary N) is 3. The van der Waals surface area contributed by atoms with Gasteiger partial charge in [0.05, 0.1) is 11.9 Å². The molecule has 0 aliphatic heterocycles. The Morgan fingerprint density at radius 3 is 2.48 bits per heavy atom. The van der Waals surface area contributed by atoms with Crippen molar-refractivity contribution in [2.24, 2.45) is 4.99 Å². The van der Waals surface area contributed by atoms with Gasteiger partial charge in [-0.3, -0.25) is 4.99 Å². The fourth-order valence-electron chi connectivity index (χ4n) is 2.63. The summed E-state index contributed by atoms with van der Waals surface area (Å²) in [7, 11) is -1.58. The Balaban J connectivity index is 1.79. The summed E-state index contributed by atoms with van der Waals surface area (Å²) in [5, 5.41) is 10.6. The van der Waals surface area contributed by atoms with Crippen LogP contribution in [0.1, 0.15) is 19.4 Å². The predicted molar refractivity (Wildman–Crippen MR) is 109 cm³/mol. The maximum atomic E-state index is 11.4. The van der Waals surface area contributed by atoms with Gasteiger partial charge in [-0.2, -0.15) is 5.10 Å². The topological polar surface area (TPSA) is 100 Å². The first-order valence-electron chi connectivity index (χ1n) is 8.71. The molecule has 0 fully saturated rings. The van der Waals surface area contributed by atoms with Crippen LogP contribution in [-0.4, -0.2) is 56.1 Å². The molecule has 9 heteroatoms. The average molecular weight is 393 g/mol. The Labute approximate surface area is 161 Å². The second-order valence-electron chi connectivity index (χ2n) is 6.98. The molecule has 0 spiro atoms. The van der Waals surface area contributed by atoms with Crippen molar-refractivity contribution < 1.29 is 8.42 Å². The maximum Gasteiger partial charge on any atom is 0.209 e. The largest absolute Gasteiger partial charge is 0.356 e. The van der Waals surface area contributed by atoms with Crippen LogP contribution >= 0.6 is 0 Å². The van der Waals surface area contributed by atoms with E-state index in [0.29, 0.717) is 19.0 Å². The number of guanidine groups is 1. The molecule has 0 aliphatic carbocycles. The monoisotopic (exact) mass is 392 g/mol. The van der Waals surface area contributed by atoms with E-state index in [0.717, 1.165) is 18.4 Å². The highest BCUT2D eigenvalue weighted by Crippen LogP contribution is 2.08. The predicted octanol–water partition coefficient (Wildman–Crippen LogP) is 0.908. The van der Waals surface area contributed by atoms with E-state index in [1.165, 1.54) is 5.56 Å². The molecule has 0 aliphatic rings. The van der Waals surface area contributed by atoms with Crippen molar-refractivity contribution >= 4 is 16.0 Å². The van der Waals surface area contributed by atoms with Crippen LogP contribution in [0.25, 0.3) is 5.69 Å². The standard InChI is InChI=1S/C18H28N6O2S/c1-18(2,23-27(4,25)26)14-21-17(19-3)20-12-10-15-6-8-16(9-7-15)24-13-5-11-22-24/h5-9,11,13,23H,10,12,14H2,1-4H3,(H2,19,20,21). The van der Waals surface area contributed by atoms with Crippen LogP contribution in [0, 0.1) is 0 Å². The van der Waals surface area contributed by atoms with Gasteiger partial charge in [-0.15, -0.1) is 0 Å². The fourth-order valence-corrected chi connectivity index (χ4v) is 3.70. The summed E-state index contributed by atoms with van der Waals surface area (Å²) in [5.74, 6) is 0.631. The molecular weight excluding hydrogens is 364 g/mol. The van der Waals surface area contributed by atoms with E-state index in [1.807, 2.05) is 42.9 Å². The zero-order chi connectivity index (χ0) is 19.9. The summed E-state index contributed by atoms with van der Waals surface area (Å²) < 4.78 is 27.2. The highest BCUT2D eigenvalue weighted by atomic mass is 32.2. The van der Waals surface area contributed by atoms with Crippen LogP contribution in [0.5, 0.6) is 0 Å². The Hall–Kier alpha value is -2.39. The van der Waals surface area contributed by atoms with Gasteiger partial charge in [-0.05, 0) is 44.0 Å². The van der Waals surface area contributed by atoms with Crippen LogP contribution in [0.2, 0.25) is 0 Å². The second kappa shape index (κ2) is 9.01. The molecule has 3 N–H and O–H groups in total. The minimum atomic E-state index is -3.27. The molecule has 2 rings (SSSR count). The van der Waals surface area contributed by atoms with Gasteiger partial charge in [0, 0.05) is 38.1 Å². The van der Waals surface area contributed by atoms with Crippen molar-refractivity contribution in [1.82, 2.24) is 25.1 Å². The summed E-state index contributed by atoms with van der Waals surface area (Å²) in [4.78, 5) is 4.17. The lowest BCUT2D eigenvalue weighted by atomic mass is 10.1. The number of rotatable bonds is 8.